The van der Waals surface area contributed by atoms with Gasteiger partial charge in [-0.1, -0.05) is 12.1 Å². The number of rotatable bonds is 5. The molecule has 0 aliphatic rings. The van der Waals surface area contributed by atoms with Gasteiger partial charge in [0.1, 0.15) is 5.56 Å². The average molecular weight is 257 g/mol. The minimum Gasteiger partial charge on any atom is -0.505 e. The van der Waals surface area contributed by atoms with Crippen LogP contribution in [0.5, 0.6) is 5.75 Å². The van der Waals surface area contributed by atoms with Gasteiger partial charge in [-0.15, -0.1) is 6.58 Å². The fourth-order valence-electron chi connectivity index (χ4n) is 1.16. The Morgan fingerprint density at radius 3 is 2.65 bits per heavy atom. The summed E-state index contributed by atoms with van der Waals surface area (Å²) in [5, 5.41) is 18.3. The SMILES string of the molecule is C=CCS(=O)(=O)Nc1cccc(C(=O)O)c1O. The summed E-state index contributed by atoms with van der Waals surface area (Å²) >= 11 is 0. The van der Waals surface area contributed by atoms with Gasteiger partial charge in [-0.05, 0) is 12.1 Å². The molecule has 0 aliphatic carbocycles. The molecule has 0 amide bonds. The van der Waals surface area contributed by atoms with Crippen molar-refractivity contribution in [2.24, 2.45) is 0 Å². The molecule has 0 atom stereocenters. The largest absolute Gasteiger partial charge is 0.505 e. The number of phenols is 1. The number of sulfonamides is 1. The normalized spacial score (nSPS) is 10.8. The van der Waals surface area contributed by atoms with Gasteiger partial charge < -0.3 is 10.2 Å². The van der Waals surface area contributed by atoms with Crippen molar-refractivity contribution in [3.05, 3.63) is 36.4 Å². The van der Waals surface area contributed by atoms with Crippen molar-refractivity contribution in [1.29, 1.82) is 0 Å². The van der Waals surface area contributed by atoms with Crippen LogP contribution < -0.4 is 4.72 Å². The van der Waals surface area contributed by atoms with Gasteiger partial charge in [0, 0.05) is 0 Å². The highest BCUT2D eigenvalue weighted by Gasteiger charge is 2.16. The van der Waals surface area contributed by atoms with Gasteiger partial charge in [0.25, 0.3) is 0 Å². The predicted molar refractivity (Wildman–Crippen MR) is 62.7 cm³/mol. The molecule has 0 heterocycles. The van der Waals surface area contributed by atoms with Crippen molar-refractivity contribution >= 4 is 21.7 Å². The Hall–Kier alpha value is -2.02. The van der Waals surface area contributed by atoms with Crippen LogP contribution in [0, 0.1) is 0 Å². The van der Waals surface area contributed by atoms with Crippen LogP contribution in [-0.2, 0) is 10.0 Å². The third-order valence-electron chi connectivity index (χ3n) is 1.87. The highest BCUT2D eigenvalue weighted by Crippen LogP contribution is 2.28. The number of anilines is 1. The summed E-state index contributed by atoms with van der Waals surface area (Å²) in [6, 6.07) is 3.76. The number of carboxylic acid groups (broad SMARTS) is 1. The number of aromatic hydroxyl groups is 1. The van der Waals surface area contributed by atoms with Crippen LogP contribution in [0.25, 0.3) is 0 Å². The molecule has 0 aromatic heterocycles. The maximum Gasteiger partial charge on any atom is 0.339 e. The summed E-state index contributed by atoms with van der Waals surface area (Å²) in [5.41, 5.74) is -0.546. The van der Waals surface area contributed by atoms with E-state index >= 15 is 0 Å². The maximum atomic E-state index is 11.4. The molecule has 1 rings (SSSR count). The van der Waals surface area contributed by atoms with Gasteiger partial charge in [0.15, 0.2) is 5.75 Å². The molecule has 0 radical (unpaired) electrons. The first-order valence-electron chi connectivity index (χ1n) is 4.54. The van der Waals surface area contributed by atoms with Gasteiger partial charge >= 0.3 is 5.97 Å². The standard InChI is InChI=1S/C10H11NO5S/c1-2-6-17(15,16)11-8-5-3-4-7(9(8)12)10(13)14/h2-5,11-12H,1,6H2,(H,13,14). The number of hydrogen-bond acceptors (Lipinski definition) is 4. The zero-order valence-electron chi connectivity index (χ0n) is 8.75. The van der Waals surface area contributed by atoms with E-state index in [2.05, 4.69) is 11.3 Å². The first-order chi connectivity index (χ1) is 7.87. The van der Waals surface area contributed by atoms with E-state index in [-0.39, 0.29) is 17.0 Å². The fourth-order valence-corrected chi connectivity index (χ4v) is 2.06. The lowest BCUT2D eigenvalue weighted by molar-refractivity contribution is 0.0694. The zero-order valence-corrected chi connectivity index (χ0v) is 9.57. The number of carbonyl (C=O) groups is 1. The highest BCUT2D eigenvalue weighted by atomic mass is 32.2. The minimum atomic E-state index is -3.67. The Balaban J connectivity index is 3.13. The maximum absolute atomic E-state index is 11.4. The van der Waals surface area contributed by atoms with Crippen LogP contribution in [0.1, 0.15) is 10.4 Å². The van der Waals surface area contributed by atoms with Gasteiger partial charge in [0.2, 0.25) is 10.0 Å². The Bertz CT molecular complexity index is 550. The molecule has 0 unspecified atom stereocenters. The van der Waals surface area contributed by atoms with Gasteiger partial charge in [-0.3, -0.25) is 4.72 Å². The lowest BCUT2D eigenvalue weighted by Crippen LogP contribution is -2.15. The van der Waals surface area contributed by atoms with Crippen molar-refractivity contribution in [1.82, 2.24) is 0 Å². The third kappa shape index (κ3) is 3.22. The summed E-state index contributed by atoms with van der Waals surface area (Å²) in [4.78, 5) is 10.7. The van der Waals surface area contributed by atoms with E-state index in [0.717, 1.165) is 0 Å². The van der Waals surface area contributed by atoms with Crippen molar-refractivity contribution in [2.45, 2.75) is 0 Å². The molecule has 0 saturated carbocycles. The van der Waals surface area contributed by atoms with Gasteiger partial charge in [0.05, 0.1) is 11.4 Å². The van der Waals surface area contributed by atoms with E-state index < -0.39 is 21.7 Å². The molecule has 7 heteroatoms. The van der Waals surface area contributed by atoms with Crippen LogP contribution in [0.2, 0.25) is 0 Å². The van der Waals surface area contributed by atoms with Crippen molar-refractivity contribution in [2.75, 3.05) is 10.5 Å². The molecule has 17 heavy (non-hydrogen) atoms. The summed E-state index contributed by atoms with van der Waals surface area (Å²) in [6.07, 6.45) is 1.18. The second kappa shape index (κ2) is 4.88. The highest BCUT2D eigenvalue weighted by molar-refractivity contribution is 7.92. The molecule has 0 aliphatic heterocycles. The molecule has 1 aromatic rings. The average Bonchev–Trinajstić information content (AvgIpc) is 2.20. The number of para-hydroxylation sites is 1. The molecular formula is C10H11NO5S. The summed E-state index contributed by atoms with van der Waals surface area (Å²) in [5.74, 6) is -2.29. The van der Waals surface area contributed by atoms with E-state index in [9.17, 15) is 18.3 Å². The predicted octanol–water partition coefficient (Wildman–Crippen LogP) is 1.02. The number of carboxylic acids is 1. The van der Waals surface area contributed by atoms with Gasteiger partial charge in [-0.2, -0.15) is 0 Å². The Morgan fingerprint density at radius 2 is 2.12 bits per heavy atom. The van der Waals surface area contributed by atoms with E-state index in [1.54, 1.807) is 0 Å². The van der Waals surface area contributed by atoms with Crippen molar-refractivity contribution < 1.29 is 23.4 Å². The lowest BCUT2D eigenvalue weighted by atomic mass is 10.2. The molecule has 3 N–H and O–H groups in total. The number of benzene rings is 1. The molecule has 0 saturated heterocycles. The quantitative estimate of drug-likeness (QED) is 0.539. The molecule has 92 valence electrons. The molecule has 1 aromatic carbocycles. The topological polar surface area (TPSA) is 104 Å². The number of aromatic carboxylic acids is 1. The minimum absolute atomic E-state index is 0.174. The molecule has 0 bridgehead atoms. The van der Waals surface area contributed by atoms with Crippen LogP contribution in [-0.4, -0.2) is 30.4 Å². The summed E-state index contributed by atoms with van der Waals surface area (Å²) in [7, 11) is -3.67. The first-order valence-corrected chi connectivity index (χ1v) is 6.19. The Kier molecular flexibility index (Phi) is 3.74. The molecule has 6 nitrogen and oxygen atoms in total. The van der Waals surface area contributed by atoms with Crippen molar-refractivity contribution in [3.8, 4) is 5.75 Å². The van der Waals surface area contributed by atoms with Crippen LogP contribution in [0.4, 0.5) is 5.69 Å². The zero-order chi connectivity index (χ0) is 13.1. The third-order valence-corrected chi connectivity index (χ3v) is 3.07. The summed E-state index contributed by atoms with van der Waals surface area (Å²) in [6.45, 7) is 3.28. The van der Waals surface area contributed by atoms with Crippen LogP contribution >= 0.6 is 0 Å². The van der Waals surface area contributed by atoms with Gasteiger partial charge in [-0.25, -0.2) is 13.2 Å². The monoisotopic (exact) mass is 257 g/mol. The van der Waals surface area contributed by atoms with E-state index in [4.69, 9.17) is 5.11 Å². The Labute approximate surface area is 98.3 Å². The second-order valence-electron chi connectivity index (χ2n) is 3.18. The smallest absolute Gasteiger partial charge is 0.339 e. The van der Waals surface area contributed by atoms with Crippen LogP contribution in [0.3, 0.4) is 0 Å². The second-order valence-corrected chi connectivity index (χ2v) is 4.95. The first kappa shape index (κ1) is 13.0. The van der Waals surface area contributed by atoms with Crippen LogP contribution in [0.15, 0.2) is 30.9 Å². The molecular weight excluding hydrogens is 246 g/mol. The van der Waals surface area contributed by atoms with E-state index in [1.807, 2.05) is 0 Å². The Morgan fingerprint density at radius 1 is 1.47 bits per heavy atom. The lowest BCUT2D eigenvalue weighted by Gasteiger charge is -2.09. The fraction of sp³-hybridized carbons (Fsp3) is 0.100. The number of hydrogen-bond donors (Lipinski definition) is 3. The molecule has 0 fully saturated rings. The number of nitrogens with one attached hydrogen (secondary N) is 1. The van der Waals surface area contributed by atoms with E-state index in [1.165, 1.54) is 24.3 Å². The van der Waals surface area contributed by atoms with Crippen molar-refractivity contribution in [3.63, 3.8) is 0 Å². The van der Waals surface area contributed by atoms with E-state index in [0.29, 0.717) is 0 Å². The molecule has 0 spiro atoms. The summed E-state index contributed by atoms with van der Waals surface area (Å²) < 4.78 is 24.9.